The van der Waals surface area contributed by atoms with Gasteiger partial charge in [-0.2, -0.15) is 0 Å². The van der Waals surface area contributed by atoms with E-state index in [2.05, 4.69) is 5.32 Å². The van der Waals surface area contributed by atoms with Crippen LogP contribution in [0.25, 0.3) is 0 Å². The summed E-state index contributed by atoms with van der Waals surface area (Å²) in [5.74, 6) is -1.14. The van der Waals surface area contributed by atoms with Crippen molar-refractivity contribution in [2.45, 2.75) is 52.2 Å². The van der Waals surface area contributed by atoms with Crippen LogP contribution in [0.3, 0.4) is 0 Å². The number of halogens is 2. The van der Waals surface area contributed by atoms with E-state index in [1.54, 1.807) is 19.1 Å². The number of anilines is 1. The minimum Gasteiger partial charge on any atom is -0.495 e. The zero-order valence-electron chi connectivity index (χ0n) is 22.3. The van der Waals surface area contributed by atoms with Gasteiger partial charge in [-0.15, -0.1) is 0 Å². The smallest absolute Gasteiger partial charge is 0.271 e. The molecule has 0 spiro atoms. The van der Waals surface area contributed by atoms with Gasteiger partial charge in [-0.1, -0.05) is 43.1 Å². The molecular weight excluding hydrogens is 571 g/mol. The van der Waals surface area contributed by atoms with Crippen molar-refractivity contribution in [3.63, 3.8) is 0 Å². The topological polar surface area (TPSA) is 139 Å². The second-order valence-electron chi connectivity index (χ2n) is 8.88. The van der Waals surface area contributed by atoms with Crippen LogP contribution in [-0.2, 0) is 26.2 Å². The number of nitro groups is 1. The summed E-state index contributed by atoms with van der Waals surface area (Å²) in [7, 11) is -2.87. The number of rotatable bonds is 13. The molecule has 0 aliphatic rings. The van der Waals surface area contributed by atoms with E-state index in [4.69, 9.17) is 27.9 Å². The molecule has 0 bridgehead atoms. The van der Waals surface area contributed by atoms with Crippen LogP contribution in [-0.4, -0.2) is 62.0 Å². The summed E-state index contributed by atoms with van der Waals surface area (Å²) >= 11 is 12.4. The summed E-state index contributed by atoms with van der Waals surface area (Å²) in [6.07, 6.45) is 1.75. The molecular formula is C25H32Cl2N4O7S. The van der Waals surface area contributed by atoms with Gasteiger partial charge in [0.1, 0.15) is 24.0 Å². The molecule has 14 heteroatoms. The van der Waals surface area contributed by atoms with Gasteiger partial charge in [0.15, 0.2) is 0 Å². The molecule has 2 amide bonds. The number of sulfonamides is 1. The first-order valence-corrected chi connectivity index (χ1v) is 14.7. The number of hydrogen-bond donors (Lipinski definition) is 1. The maximum Gasteiger partial charge on any atom is 0.271 e. The highest BCUT2D eigenvalue weighted by Gasteiger charge is 2.33. The second kappa shape index (κ2) is 13.8. The van der Waals surface area contributed by atoms with E-state index in [0.29, 0.717) is 17.0 Å². The molecule has 0 radical (unpaired) electrons. The summed E-state index contributed by atoms with van der Waals surface area (Å²) in [4.78, 5) is 39.0. The van der Waals surface area contributed by atoms with Gasteiger partial charge in [0, 0.05) is 34.8 Å². The summed E-state index contributed by atoms with van der Waals surface area (Å²) < 4.78 is 31.7. The van der Waals surface area contributed by atoms with Crippen LogP contribution in [0.1, 0.15) is 39.2 Å². The van der Waals surface area contributed by atoms with Crippen molar-refractivity contribution in [3.8, 4) is 5.75 Å². The normalized spacial score (nSPS) is 12.8. The molecule has 11 nitrogen and oxygen atoms in total. The number of hydrogen-bond acceptors (Lipinski definition) is 7. The molecule has 2 aromatic carbocycles. The van der Waals surface area contributed by atoms with Crippen molar-refractivity contribution in [2.24, 2.45) is 0 Å². The lowest BCUT2D eigenvalue weighted by atomic mass is 10.1. The fourth-order valence-corrected chi connectivity index (χ4v) is 5.09. The van der Waals surface area contributed by atoms with Gasteiger partial charge >= 0.3 is 0 Å². The molecule has 2 unspecified atom stereocenters. The molecule has 1 N–H and O–H groups in total. The van der Waals surface area contributed by atoms with Gasteiger partial charge in [0.25, 0.3) is 5.69 Å². The zero-order chi connectivity index (χ0) is 29.5. The van der Waals surface area contributed by atoms with Gasteiger partial charge < -0.3 is 15.0 Å². The van der Waals surface area contributed by atoms with Crippen LogP contribution in [0, 0.1) is 10.1 Å². The van der Waals surface area contributed by atoms with Crippen molar-refractivity contribution in [1.29, 1.82) is 0 Å². The first-order valence-electron chi connectivity index (χ1n) is 12.1. The Morgan fingerprint density at radius 2 is 1.79 bits per heavy atom. The highest BCUT2D eigenvalue weighted by molar-refractivity contribution is 7.92. The molecule has 0 aromatic heterocycles. The Kier molecular flexibility index (Phi) is 11.4. The monoisotopic (exact) mass is 602 g/mol. The highest BCUT2D eigenvalue weighted by Crippen LogP contribution is 2.34. The van der Waals surface area contributed by atoms with Crippen LogP contribution in [0.5, 0.6) is 5.75 Å². The molecule has 39 heavy (non-hydrogen) atoms. The third-order valence-corrected chi connectivity index (χ3v) is 7.78. The third-order valence-electron chi connectivity index (χ3n) is 6.06. The Morgan fingerprint density at radius 1 is 1.13 bits per heavy atom. The predicted octanol–water partition coefficient (Wildman–Crippen LogP) is 4.40. The Hall–Kier alpha value is -3.09. The lowest BCUT2D eigenvalue weighted by molar-refractivity contribution is -0.384. The third kappa shape index (κ3) is 8.45. The SMILES string of the molecule is CCC(C)NC(=O)C(CC)N(Cc1ccc(Cl)cc1Cl)C(=O)CN(c1cc([N+](=O)[O-])ccc1OC)S(C)(=O)=O. The molecule has 2 aromatic rings. The number of carbonyl (C=O) groups excluding carboxylic acids is 2. The largest absolute Gasteiger partial charge is 0.495 e. The van der Waals surface area contributed by atoms with Crippen molar-refractivity contribution in [2.75, 3.05) is 24.2 Å². The lowest BCUT2D eigenvalue weighted by Gasteiger charge is -2.33. The molecule has 0 saturated carbocycles. The number of nitrogens with zero attached hydrogens (tertiary/aromatic N) is 3. The summed E-state index contributed by atoms with van der Waals surface area (Å²) in [5, 5.41) is 14.9. The Morgan fingerprint density at radius 3 is 2.31 bits per heavy atom. The summed E-state index contributed by atoms with van der Waals surface area (Å²) in [5.41, 5.74) is -0.0942. The van der Waals surface area contributed by atoms with Crippen molar-refractivity contribution < 1.29 is 27.7 Å². The van der Waals surface area contributed by atoms with Crippen LogP contribution >= 0.6 is 23.2 Å². The van der Waals surface area contributed by atoms with E-state index >= 15 is 0 Å². The standard InChI is InChI=1S/C25H32Cl2N4O7S/c1-6-16(3)28-25(33)21(7-2)29(14-17-8-9-18(26)12-20(17)27)24(32)15-30(39(5,36)37)22-13-19(31(34)35)10-11-23(22)38-4/h8-13,16,21H,6-7,14-15H2,1-5H3,(H,28,33). The van der Waals surface area contributed by atoms with Crippen molar-refractivity contribution in [1.82, 2.24) is 10.2 Å². The van der Waals surface area contributed by atoms with E-state index in [9.17, 15) is 28.1 Å². The molecule has 0 saturated heterocycles. The summed E-state index contributed by atoms with van der Waals surface area (Å²) in [6, 6.07) is 6.99. The minimum absolute atomic E-state index is 0.00711. The molecule has 2 rings (SSSR count). The van der Waals surface area contributed by atoms with Crippen molar-refractivity contribution >= 4 is 56.4 Å². The number of amides is 2. The van der Waals surface area contributed by atoms with Gasteiger partial charge in [0.05, 0.1) is 18.3 Å². The molecule has 2 atom stereocenters. The first-order chi connectivity index (χ1) is 18.2. The fraction of sp³-hybridized carbons (Fsp3) is 0.440. The lowest BCUT2D eigenvalue weighted by Crippen LogP contribution is -2.53. The minimum atomic E-state index is -4.14. The second-order valence-corrected chi connectivity index (χ2v) is 11.6. The van der Waals surface area contributed by atoms with Crippen LogP contribution < -0.4 is 14.4 Å². The van der Waals surface area contributed by atoms with Crippen LogP contribution in [0.15, 0.2) is 36.4 Å². The van der Waals surface area contributed by atoms with Crippen LogP contribution in [0.2, 0.25) is 10.0 Å². The number of nitrogens with one attached hydrogen (secondary N) is 1. The fourth-order valence-electron chi connectivity index (χ4n) is 3.78. The summed E-state index contributed by atoms with van der Waals surface area (Å²) in [6.45, 7) is 4.58. The Balaban J connectivity index is 2.60. The highest BCUT2D eigenvalue weighted by atomic mass is 35.5. The zero-order valence-corrected chi connectivity index (χ0v) is 24.6. The van der Waals surface area contributed by atoms with E-state index < -0.39 is 45.0 Å². The van der Waals surface area contributed by atoms with Crippen LogP contribution in [0.4, 0.5) is 11.4 Å². The van der Waals surface area contributed by atoms with Gasteiger partial charge in [-0.3, -0.25) is 24.0 Å². The number of methoxy groups -OCH3 is 1. The van der Waals surface area contributed by atoms with E-state index in [1.165, 1.54) is 24.1 Å². The van der Waals surface area contributed by atoms with E-state index in [1.807, 2.05) is 13.8 Å². The number of carbonyl (C=O) groups is 2. The maximum atomic E-state index is 13.8. The molecule has 0 heterocycles. The number of non-ortho nitro benzene ring substituents is 1. The number of nitro benzene ring substituents is 1. The average Bonchev–Trinajstić information content (AvgIpc) is 2.86. The first kappa shape index (κ1) is 32.1. The van der Waals surface area contributed by atoms with E-state index in [-0.39, 0.29) is 35.5 Å². The maximum absolute atomic E-state index is 13.8. The van der Waals surface area contributed by atoms with Gasteiger partial charge in [-0.25, -0.2) is 8.42 Å². The Bertz CT molecular complexity index is 1320. The van der Waals surface area contributed by atoms with E-state index in [0.717, 1.165) is 22.7 Å². The number of ether oxygens (including phenoxy) is 1. The average molecular weight is 604 g/mol. The predicted molar refractivity (Wildman–Crippen MR) is 151 cm³/mol. The molecule has 0 fully saturated rings. The van der Waals surface area contributed by atoms with Gasteiger partial charge in [0.2, 0.25) is 21.8 Å². The van der Waals surface area contributed by atoms with Gasteiger partial charge in [-0.05, 0) is 43.5 Å². The molecule has 214 valence electrons. The molecule has 0 aliphatic carbocycles. The van der Waals surface area contributed by atoms with Crippen molar-refractivity contribution in [3.05, 3.63) is 62.1 Å². The quantitative estimate of drug-likeness (QED) is 0.265. The molecule has 0 aliphatic heterocycles. The Labute approximate surface area is 238 Å². The number of benzene rings is 2.